The first-order valence-corrected chi connectivity index (χ1v) is 10.2. The van der Waals surface area contributed by atoms with Crippen molar-refractivity contribution in [3.8, 4) is 11.3 Å². The van der Waals surface area contributed by atoms with Crippen molar-refractivity contribution in [1.29, 1.82) is 0 Å². The normalized spacial score (nSPS) is 13.4. The fourth-order valence-electron chi connectivity index (χ4n) is 3.74. The number of alkyl halides is 5. The predicted octanol–water partition coefficient (Wildman–Crippen LogP) is 6.42. The van der Waals surface area contributed by atoms with E-state index >= 15 is 0 Å². The van der Waals surface area contributed by atoms with Crippen LogP contribution in [0.15, 0.2) is 67.1 Å². The average molecular weight is 449 g/mol. The summed E-state index contributed by atoms with van der Waals surface area (Å²) in [6.07, 6.45) is 0.546. The molecule has 8 heteroatoms. The topological polar surface area (TPSA) is 29.0 Å². The zero-order valence-corrected chi connectivity index (χ0v) is 17.8. The molecule has 170 valence electrons. The molecule has 0 aliphatic carbocycles. The highest BCUT2D eigenvalue weighted by atomic mass is 19.4. The van der Waals surface area contributed by atoms with Crippen molar-refractivity contribution in [2.45, 2.75) is 38.4 Å². The van der Waals surface area contributed by atoms with Crippen molar-refractivity contribution in [3.05, 3.63) is 83.8 Å². The number of halogens is 5. The molecule has 0 saturated carbocycles. The first-order valence-electron chi connectivity index (χ1n) is 10.2. The molecule has 0 N–H and O–H groups in total. The second kappa shape index (κ2) is 9.73. The van der Waals surface area contributed by atoms with Crippen molar-refractivity contribution >= 4 is 0 Å². The van der Waals surface area contributed by atoms with Crippen LogP contribution in [0.4, 0.5) is 22.0 Å². The molecule has 3 aromatic rings. The largest absolute Gasteiger partial charge is 0.416 e. The van der Waals surface area contributed by atoms with E-state index in [0.717, 1.165) is 24.6 Å². The number of rotatable bonds is 8. The van der Waals surface area contributed by atoms with E-state index in [1.807, 2.05) is 6.07 Å². The fourth-order valence-corrected chi connectivity index (χ4v) is 3.74. The van der Waals surface area contributed by atoms with E-state index in [1.54, 1.807) is 48.5 Å². The summed E-state index contributed by atoms with van der Waals surface area (Å²) in [7, 11) is 0. The predicted molar refractivity (Wildman–Crippen MR) is 113 cm³/mol. The van der Waals surface area contributed by atoms with Gasteiger partial charge in [0.05, 0.1) is 17.8 Å². The van der Waals surface area contributed by atoms with Crippen molar-refractivity contribution < 1.29 is 22.0 Å². The summed E-state index contributed by atoms with van der Waals surface area (Å²) < 4.78 is 67.5. The molecule has 0 aliphatic heterocycles. The maximum Gasteiger partial charge on any atom is 0.416 e. The van der Waals surface area contributed by atoms with Crippen LogP contribution < -0.4 is 0 Å². The highest BCUT2D eigenvalue weighted by Crippen LogP contribution is 2.34. The van der Waals surface area contributed by atoms with Crippen LogP contribution >= 0.6 is 0 Å². The smallest absolute Gasteiger partial charge is 0.290 e. The van der Waals surface area contributed by atoms with Crippen molar-refractivity contribution in [1.82, 2.24) is 14.9 Å². The Morgan fingerprint density at radius 3 is 2.34 bits per heavy atom. The Balaban J connectivity index is 2.03. The minimum atomic E-state index is -4.48. The molecule has 0 radical (unpaired) electrons. The van der Waals surface area contributed by atoms with Crippen LogP contribution in [0.2, 0.25) is 0 Å². The molecule has 3 rings (SSSR count). The summed E-state index contributed by atoms with van der Waals surface area (Å²) in [5.41, 5.74) is 1.36. The molecule has 0 aliphatic rings. The third-order valence-corrected chi connectivity index (χ3v) is 5.16. The fraction of sp³-hybridized carbons (Fsp3) is 0.333. The number of aromatic nitrogens is 2. The number of nitrogens with zero attached hydrogens (tertiary/aromatic N) is 3. The molecule has 3 nitrogen and oxygen atoms in total. The van der Waals surface area contributed by atoms with E-state index in [0.29, 0.717) is 23.4 Å². The standard InChI is InChI=1S/C24H24F5N3/c1-3-32(16-23(2,25)26)21(19-9-5-11-30-15-19)14-18-8-6-12-31-22(18)17-7-4-10-20(13-17)24(27,28)29/h4-13,15,21H,3,14,16H2,1-2H3. The van der Waals surface area contributed by atoms with Crippen LogP contribution in [0.5, 0.6) is 0 Å². The molecule has 0 spiro atoms. The molecule has 32 heavy (non-hydrogen) atoms. The molecule has 1 aromatic carbocycles. The first-order chi connectivity index (χ1) is 15.1. The molecular formula is C24H24F5N3. The van der Waals surface area contributed by atoms with Crippen LogP contribution in [0.1, 0.15) is 36.6 Å². The maximum absolute atomic E-state index is 13.9. The summed E-state index contributed by atoms with van der Waals surface area (Å²) in [5, 5.41) is 0. The number of hydrogen-bond donors (Lipinski definition) is 0. The van der Waals surface area contributed by atoms with E-state index < -0.39 is 30.2 Å². The number of benzene rings is 1. The van der Waals surface area contributed by atoms with E-state index in [-0.39, 0.29) is 6.42 Å². The molecule has 0 fully saturated rings. The van der Waals surface area contributed by atoms with Gasteiger partial charge in [-0.1, -0.05) is 31.2 Å². The Hall–Kier alpha value is -2.87. The first kappa shape index (κ1) is 23.8. The van der Waals surface area contributed by atoms with E-state index in [2.05, 4.69) is 9.97 Å². The molecule has 1 atom stereocenters. The summed E-state index contributed by atoms with van der Waals surface area (Å²) >= 11 is 0. The van der Waals surface area contributed by atoms with Crippen LogP contribution in [0, 0.1) is 0 Å². The van der Waals surface area contributed by atoms with Gasteiger partial charge in [-0.2, -0.15) is 13.2 Å². The number of hydrogen-bond acceptors (Lipinski definition) is 3. The SMILES string of the molecule is CCN(CC(C)(F)F)C(Cc1cccnc1-c1cccc(C(F)(F)F)c1)c1cccnc1. The Morgan fingerprint density at radius 1 is 0.969 bits per heavy atom. The average Bonchev–Trinajstić information content (AvgIpc) is 2.76. The van der Waals surface area contributed by atoms with Gasteiger partial charge in [0.1, 0.15) is 0 Å². The summed E-state index contributed by atoms with van der Waals surface area (Å²) in [4.78, 5) is 10.1. The minimum Gasteiger partial charge on any atom is -0.290 e. The number of pyridine rings is 2. The van der Waals surface area contributed by atoms with Gasteiger partial charge >= 0.3 is 6.18 Å². The van der Waals surface area contributed by atoms with Gasteiger partial charge in [0.2, 0.25) is 0 Å². The molecular weight excluding hydrogens is 425 g/mol. The van der Waals surface area contributed by atoms with Crippen molar-refractivity contribution in [2.75, 3.05) is 13.1 Å². The van der Waals surface area contributed by atoms with Gasteiger partial charge in [-0.15, -0.1) is 0 Å². The van der Waals surface area contributed by atoms with Gasteiger partial charge < -0.3 is 0 Å². The highest BCUT2D eigenvalue weighted by Gasteiger charge is 2.32. The van der Waals surface area contributed by atoms with Crippen LogP contribution in [0.3, 0.4) is 0 Å². The van der Waals surface area contributed by atoms with Gasteiger partial charge in [-0.25, -0.2) is 8.78 Å². The quantitative estimate of drug-likeness (QED) is 0.372. The monoisotopic (exact) mass is 449 g/mol. The molecule has 1 unspecified atom stereocenters. The van der Waals surface area contributed by atoms with Gasteiger partial charge in [0.25, 0.3) is 5.92 Å². The lowest BCUT2D eigenvalue weighted by molar-refractivity contribution is -0.137. The summed E-state index contributed by atoms with van der Waals surface area (Å²) in [6, 6.07) is 11.5. The molecule has 0 amide bonds. The van der Waals surface area contributed by atoms with Crippen LogP contribution in [-0.4, -0.2) is 33.9 Å². The van der Waals surface area contributed by atoms with Gasteiger partial charge in [-0.3, -0.25) is 14.9 Å². The molecule has 2 aromatic heterocycles. The zero-order valence-electron chi connectivity index (χ0n) is 17.8. The Labute approximate surface area is 183 Å². The van der Waals surface area contributed by atoms with Gasteiger partial charge in [0.15, 0.2) is 0 Å². The van der Waals surface area contributed by atoms with E-state index in [4.69, 9.17) is 0 Å². The van der Waals surface area contributed by atoms with Crippen LogP contribution in [0.25, 0.3) is 11.3 Å². The van der Waals surface area contributed by atoms with Crippen molar-refractivity contribution in [2.24, 2.45) is 0 Å². The second-order valence-corrected chi connectivity index (χ2v) is 7.73. The summed E-state index contributed by atoms with van der Waals surface area (Å²) in [6.45, 7) is 2.57. The lowest BCUT2D eigenvalue weighted by atomic mass is 9.94. The third kappa shape index (κ3) is 6.09. The highest BCUT2D eigenvalue weighted by molar-refractivity contribution is 5.64. The second-order valence-electron chi connectivity index (χ2n) is 7.73. The zero-order chi connectivity index (χ0) is 23.4. The molecule has 2 heterocycles. The van der Waals surface area contributed by atoms with Crippen molar-refractivity contribution in [3.63, 3.8) is 0 Å². The summed E-state index contributed by atoms with van der Waals surface area (Å²) in [5.74, 6) is -2.91. The lowest BCUT2D eigenvalue weighted by Crippen LogP contribution is -2.38. The molecule has 0 bridgehead atoms. The van der Waals surface area contributed by atoms with E-state index in [9.17, 15) is 22.0 Å². The third-order valence-electron chi connectivity index (χ3n) is 5.16. The Morgan fingerprint density at radius 2 is 1.72 bits per heavy atom. The van der Waals surface area contributed by atoms with Gasteiger partial charge in [-0.05, 0) is 48.4 Å². The molecule has 0 saturated heterocycles. The lowest BCUT2D eigenvalue weighted by Gasteiger charge is -2.33. The Kier molecular flexibility index (Phi) is 7.23. The maximum atomic E-state index is 13.9. The van der Waals surface area contributed by atoms with Gasteiger partial charge in [0, 0.05) is 37.1 Å². The minimum absolute atomic E-state index is 0.287. The van der Waals surface area contributed by atoms with E-state index in [1.165, 1.54) is 12.3 Å². The van der Waals surface area contributed by atoms with Crippen LogP contribution in [-0.2, 0) is 12.6 Å². The Bertz CT molecular complexity index is 1020. The number of likely N-dealkylation sites (N-methyl/N-ethyl adjacent to an activating group) is 1.